The Kier molecular flexibility index (Phi) is 4.45. The van der Waals surface area contributed by atoms with Gasteiger partial charge in [-0.15, -0.1) is 0 Å². The standard InChI is InChI=1S/C14H16ClNO3/c1-3-11(8-18-2)16-14(17)13-7-9-6-10(15)4-5-12(9)19-13/h4-7,11H,3,8H2,1-2H3,(H,16,17). The van der Waals surface area contributed by atoms with Crippen LogP contribution in [-0.4, -0.2) is 25.7 Å². The molecule has 2 rings (SSSR count). The first-order valence-corrected chi connectivity index (χ1v) is 6.50. The van der Waals surface area contributed by atoms with Crippen LogP contribution in [0.15, 0.2) is 28.7 Å². The summed E-state index contributed by atoms with van der Waals surface area (Å²) < 4.78 is 10.5. The van der Waals surface area contributed by atoms with E-state index in [1.807, 2.05) is 6.92 Å². The van der Waals surface area contributed by atoms with Gasteiger partial charge in [0.05, 0.1) is 12.6 Å². The van der Waals surface area contributed by atoms with E-state index in [9.17, 15) is 4.79 Å². The summed E-state index contributed by atoms with van der Waals surface area (Å²) in [6.07, 6.45) is 0.797. The number of methoxy groups -OCH3 is 1. The quantitative estimate of drug-likeness (QED) is 0.915. The fourth-order valence-electron chi connectivity index (χ4n) is 1.85. The highest BCUT2D eigenvalue weighted by Crippen LogP contribution is 2.23. The van der Waals surface area contributed by atoms with E-state index in [4.69, 9.17) is 20.8 Å². The number of nitrogens with one attached hydrogen (secondary N) is 1. The van der Waals surface area contributed by atoms with Gasteiger partial charge in [-0.25, -0.2) is 0 Å². The molecule has 0 aliphatic carbocycles. The van der Waals surface area contributed by atoms with Gasteiger partial charge in [0.25, 0.3) is 5.91 Å². The van der Waals surface area contributed by atoms with E-state index in [1.54, 1.807) is 31.4 Å². The van der Waals surface area contributed by atoms with Gasteiger partial charge in [-0.3, -0.25) is 4.79 Å². The fraction of sp³-hybridized carbons (Fsp3) is 0.357. The molecule has 0 aliphatic heterocycles. The van der Waals surface area contributed by atoms with Crippen LogP contribution in [0.2, 0.25) is 5.02 Å². The van der Waals surface area contributed by atoms with Crippen LogP contribution in [0.25, 0.3) is 11.0 Å². The number of hydrogen-bond acceptors (Lipinski definition) is 3. The van der Waals surface area contributed by atoms with Crippen LogP contribution in [0, 0.1) is 0 Å². The summed E-state index contributed by atoms with van der Waals surface area (Å²) in [4.78, 5) is 12.0. The van der Waals surface area contributed by atoms with Crippen LogP contribution >= 0.6 is 11.6 Å². The second kappa shape index (κ2) is 6.08. The van der Waals surface area contributed by atoms with Crippen molar-refractivity contribution in [2.75, 3.05) is 13.7 Å². The van der Waals surface area contributed by atoms with Crippen molar-refractivity contribution in [2.24, 2.45) is 0 Å². The van der Waals surface area contributed by atoms with Crippen molar-refractivity contribution in [3.8, 4) is 0 Å². The van der Waals surface area contributed by atoms with Crippen molar-refractivity contribution in [3.63, 3.8) is 0 Å². The van der Waals surface area contributed by atoms with Crippen LogP contribution in [0.1, 0.15) is 23.9 Å². The summed E-state index contributed by atoms with van der Waals surface area (Å²) in [5.41, 5.74) is 0.648. The number of hydrogen-bond donors (Lipinski definition) is 1. The minimum absolute atomic E-state index is 0.0192. The van der Waals surface area contributed by atoms with Crippen molar-refractivity contribution in [1.29, 1.82) is 0 Å². The summed E-state index contributed by atoms with van der Waals surface area (Å²) in [6, 6.07) is 6.92. The third-order valence-electron chi connectivity index (χ3n) is 2.90. The van der Waals surface area contributed by atoms with E-state index in [2.05, 4.69) is 5.32 Å². The summed E-state index contributed by atoms with van der Waals surface area (Å²) in [6.45, 7) is 2.47. The van der Waals surface area contributed by atoms with Gasteiger partial charge in [0, 0.05) is 17.5 Å². The summed E-state index contributed by atoms with van der Waals surface area (Å²) >= 11 is 5.90. The number of fused-ring (bicyclic) bond motifs is 1. The zero-order valence-corrected chi connectivity index (χ0v) is 11.7. The molecule has 1 atom stereocenters. The molecule has 4 nitrogen and oxygen atoms in total. The molecule has 0 saturated carbocycles. The van der Waals surface area contributed by atoms with Gasteiger partial charge < -0.3 is 14.5 Å². The third-order valence-corrected chi connectivity index (χ3v) is 3.13. The van der Waals surface area contributed by atoms with Gasteiger partial charge >= 0.3 is 0 Å². The van der Waals surface area contributed by atoms with E-state index in [-0.39, 0.29) is 17.7 Å². The molecule has 1 amide bonds. The lowest BCUT2D eigenvalue weighted by Crippen LogP contribution is -2.37. The van der Waals surface area contributed by atoms with E-state index >= 15 is 0 Å². The van der Waals surface area contributed by atoms with Gasteiger partial charge in [-0.1, -0.05) is 18.5 Å². The number of amides is 1. The molecule has 1 aromatic heterocycles. The summed E-state index contributed by atoms with van der Waals surface area (Å²) in [7, 11) is 1.61. The summed E-state index contributed by atoms with van der Waals surface area (Å²) in [5.74, 6) is 0.0445. The Labute approximate surface area is 116 Å². The minimum Gasteiger partial charge on any atom is -0.451 e. The molecule has 1 unspecified atom stereocenters. The molecule has 0 fully saturated rings. The van der Waals surface area contributed by atoms with Crippen molar-refractivity contribution in [1.82, 2.24) is 5.32 Å². The fourth-order valence-corrected chi connectivity index (χ4v) is 2.03. The normalized spacial score (nSPS) is 12.6. The number of rotatable bonds is 5. The van der Waals surface area contributed by atoms with Gasteiger partial charge in [0.2, 0.25) is 0 Å². The SMILES string of the molecule is CCC(COC)NC(=O)c1cc2cc(Cl)ccc2o1. The molecule has 1 aromatic carbocycles. The minimum atomic E-state index is -0.240. The highest BCUT2D eigenvalue weighted by molar-refractivity contribution is 6.31. The van der Waals surface area contributed by atoms with Crippen LogP contribution in [0.3, 0.4) is 0 Å². The lowest BCUT2D eigenvalue weighted by Gasteiger charge is -2.14. The Morgan fingerprint density at radius 3 is 2.95 bits per heavy atom. The van der Waals surface area contributed by atoms with Crippen molar-refractivity contribution < 1.29 is 13.9 Å². The third kappa shape index (κ3) is 3.28. The predicted octanol–water partition coefficient (Wildman–Crippen LogP) is 3.24. The van der Waals surface area contributed by atoms with E-state index in [0.29, 0.717) is 17.2 Å². The Hall–Kier alpha value is -1.52. The average molecular weight is 282 g/mol. The molecular weight excluding hydrogens is 266 g/mol. The van der Waals surface area contributed by atoms with Crippen molar-refractivity contribution in [2.45, 2.75) is 19.4 Å². The van der Waals surface area contributed by atoms with E-state index < -0.39 is 0 Å². The molecule has 1 heterocycles. The molecule has 102 valence electrons. The molecule has 2 aromatic rings. The predicted molar refractivity (Wildman–Crippen MR) is 74.6 cm³/mol. The molecule has 0 aliphatic rings. The first-order valence-electron chi connectivity index (χ1n) is 6.13. The number of carbonyl (C=O) groups is 1. The number of furan rings is 1. The van der Waals surface area contributed by atoms with E-state index in [0.717, 1.165) is 11.8 Å². The van der Waals surface area contributed by atoms with Gasteiger partial charge in [0.1, 0.15) is 5.58 Å². The molecule has 0 bridgehead atoms. The molecule has 0 saturated heterocycles. The smallest absolute Gasteiger partial charge is 0.287 e. The second-order valence-corrected chi connectivity index (χ2v) is 4.76. The zero-order chi connectivity index (χ0) is 13.8. The highest BCUT2D eigenvalue weighted by Gasteiger charge is 2.16. The highest BCUT2D eigenvalue weighted by atomic mass is 35.5. The average Bonchev–Trinajstić information content (AvgIpc) is 2.81. The number of carbonyl (C=O) groups excluding carboxylic acids is 1. The van der Waals surface area contributed by atoms with Gasteiger partial charge in [-0.05, 0) is 30.7 Å². The van der Waals surface area contributed by atoms with Crippen LogP contribution in [0.5, 0.6) is 0 Å². The molecular formula is C14H16ClNO3. The first-order chi connectivity index (χ1) is 9.13. The van der Waals surface area contributed by atoms with Gasteiger partial charge in [0.15, 0.2) is 5.76 Å². The lowest BCUT2D eigenvalue weighted by molar-refractivity contribution is 0.0869. The number of benzene rings is 1. The van der Waals surface area contributed by atoms with Crippen LogP contribution < -0.4 is 5.32 Å². The largest absolute Gasteiger partial charge is 0.451 e. The second-order valence-electron chi connectivity index (χ2n) is 4.33. The molecule has 1 N–H and O–H groups in total. The Morgan fingerprint density at radius 2 is 2.26 bits per heavy atom. The zero-order valence-electron chi connectivity index (χ0n) is 10.9. The lowest BCUT2D eigenvalue weighted by atomic mass is 10.2. The monoisotopic (exact) mass is 281 g/mol. The molecule has 0 spiro atoms. The maximum Gasteiger partial charge on any atom is 0.287 e. The topological polar surface area (TPSA) is 51.5 Å². The maximum absolute atomic E-state index is 12.0. The number of ether oxygens (including phenoxy) is 1. The van der Waals surface area contributed by atoms with Gasteiger partial charge in [-0.2, -0.15) is 0 Å². The Bertz CT molecular complexity index is 579. The maximum atomic E-state index is 12.0. The molecule has 5 heteroatoms. The Morgan fingerprint density at radius 1 is 1.47 bits per heavy atom. The summed E-state index contributed by atoms with van der Waals surface area (Å²) in [5, 5.41) is 4.30. The molecule has 0 radical (unpaired) electrons. The number of halogens is 1. The Balaban J connectivity index is 2.17. The first kappa shape index (κ1) is 13.9. The molecule has 19 heavy (non-hydrogen) atoms. The van der Waals surface area contributed by atoms with Crippen molar-refractivity contribution >= 4 is 28.5 Å². The van der Waals surface area contributed by atoms with Crippen LogP contribution in [0.4, 0.5) is 0 Å². The van der Waals surface area contributed by atoms with E-state index in [1.165, 1.54) is 0 Å². The van der Waals surface area contributed by atoms with Crippen LogP contribution in [-0.2, 0) is 4.74 Å². The van der Waals surface area contributed by atoms with Crippen molar-refractivity contribution in [3.05, 3.63) is 35.0 Å².